The first-order chi connectivity index (χ1) is 17.5. The third-order valence-corrected chi connectivity index (χ3v) is 9.31. The summed E-state index contributed by atoms with van der Waals surface area (Å²) in [7, 11) is 0. The standard InChI is InChI=1S/C28H25F2N5S/c1-14-15-6-8-16(9-7-15)24(14)33-28-23(30)25(22-10-17-4-2-3-5-21(17)36-22)34-27(35-28)20-13-32-26-19(20)11-18(29)12-31-26/h2-5,10-16,24H,6-9H2,1H3,(H,31,32)(H,33,34,35). The van der Waals surface area contributed by atoms with E-state index in [0.717, 1.165) is 15.0 Å². The van der Waals surface area contributed by atoms with Gasteiger partial charge in [0.25, 0.3) is 0 Å². The first kappa shape index (κ1) is 21.9. The lowest BCUT2D eigenvalue weighted by atomic mass is 9.62. The minimum absolute atomic E-state index is 0.173. The van der Waals surface area contributed by atoms with Crippen LogP contribution in [-0.4, -0.2) is 26.0 Å². The van der Waals surface area contributed by atoms with Gasteiger partial charge in [0, 0.05) is 27.9 Å². The molecule has 8 rings (SSSR count). The van der Waals surface area contributed by atoms with E-state index in [4.69, 9.17) is 4.98 Å². The molecule has 0 amide bonds. The third kappa shape index (κ3) is 3.50. The van der Waals surface area contributed by atoms with Crippen molar-refractivity contribution in [2.75, 3.05) is 5.32 Å². The van der Waals surface area contributed by atoms with E-state index in [9.17, 15) is 4.39 Å². The number of fused-ring (bicyclic) bond motifs is 5. The maximum atomic E-state index is 16.1. The van der Waals surface area contributed by atoms with Gasteiger partial charge in [-0.25, -0.2) is 23.7 Å². The summed E-state index contributed by atoms with van der Waals surface area (Å²) in [5.41, 5.74) is 1.40. The van der Waals surface area contributed by atoms with E-state index in [1.54, 1.807) is 6.20 Å². The molecule has 182 valence electrons. The molecular formula is C28H25F2N5S. The second-order valence-corrected chi connectivity index (χ2v) is 11.2. The van der Waals surface area contributed by atoms with Gasteiger partial charge in [-0.05, 0) is 67.0 Å². The van der Waals surface area contributed by atoms with Crippen molar-refractivity contribution in [2.24, 2.45) is 17.8 Å². The molecule has 2 unspecified atom stereocenters. The Morgan fingerprint density at radius 2 is 1.83 bits per heavy atom. The number of anilines is 1. The van der Waals surface area contributed by atoms with Gasteiger partial charge in [-0.2, -0.15) is 0 Å². The van der Waals surface area contributed by atoms with Crippen molar-refractivity contribution in [3.8, 4) is 22.0 Å². The number of nitrogens with one attached hydrogen (secondary N) is 2. The molecule has 2 atom stereocenters. The fourth-order valence-electron chi connectivity index (χ4n) is 6.25. The number of benzene rings is 1. The smallest absolute Gasteiger partial charge is 0.192 e. The Morgan fingerprint density at radius 3 is 2.64 bits per heavy atom. The van der Waals surface area contributed by atoms with Gasteiger partial charge in [0.05, 0.1) is 11.1 Å². The zero-order valence-corrected chi connectivity index (χ0v) is 20.6. The minimum Gasteiger partial charge on any atom is -0.364 e. The number of hydrogen-bond donors (Lipinski definition) is 2. The third-order valence-electron chi connectivity index (χ3n) is 8.19. The summed E-state index contributed by atoms with van der Waals surface area (Å²) in [5, 5.41) is 5.13. The van der Waals surface area contributed by atoms with Crippen molar-refractivity contribution in [1.29, 1.82) is 0 Å². The molecule has 8 heteroatoms. The Kier molecular flexibility index (Phi) is 5.06. The van der Waals surface area contributed by atoms with E-state index in [2.05, 4.69) is 27.2 Å². The van der Waals surface area contributed by atoms with Crippen molar-refractivity contribution >= 4 is 38.3 Å². The average Bonchev–Trinajstić information content (AvgIpc) is 3.51. The molecule has 1 aromatic carbocycles. The summed E-state index contributed by atoms with van der Waals surface area (Å²) in [6, 6.07) is 11.5. The van der Waals surface area contributed by atoms with E-state index in [1.165, 1.54) is 49.3 Å². The molecular weight excluding hydrogens is 476 g/mol. The van der Waals surface area contributed by atoms with E-state index in [-0.39, 0.29) is 17.6 Å². The Labute approximate surface area is 211 Å². The Morgan fingerprint density at radius 1 is 1.03 bits per heavy atom. The van der Waals surface area contributed by atoms with Crippen LogP contribution in [0.25, 0.3) is 43.1 Å². The summed E-state index contributed by atoms with van der Waals surface area (Å²) < 4.78 is 31.3. The molecule has 0 radical (unpaired) electrons. The highest BCUT2D eigenvalue weighted by atomic mass is 32.1. The predicted molar refractivity (Wildman–Crippen MR) is 140 cm³/mol. The average molecular weight is 502 g/mol. The molecule has 0 spiro atoms. The lowest BCUT2D eigenvalue weighted by Crippen LogP contribution is -2.47. The number of aromatic nitrogens is 4. The largest absolute Gasteiger partial charge is 0.364 e. The molecule has 3 aliphatic rings. The van der Waals surface area contributed by atoms with E-state index < -0.39 is 11.6 Å². The van der Waals surface area contributed by atoms with Gasteiger partial charge in [0.15, 0.2) is 17.5 Å². The van der Waals surface area contributed by atoms with Crippen molar-refractivity contribution < 1.29 is 8.78 Å². The molecule has 36 heavy (non-hydrogen) atoms. The van der Waals surface area contributed by atoms with Crippen molar-refractivity contribution in [3.63, 3.8) is 0 Å². The highest BCUT2D eigenvalue weighted by Crippen LogP contribution is 2.46. The maximum Gasteiger partial charge on any atom is 0.192 e. The van der Waals surface area contributed by atoms with Gasteiger partial charge < -0.3 is 10.3 Å². The lowest BCUT2D eigenvalue weighted by Gasteiger charge is -2.47. The number of thiophene rings is 1. The fraction of sp³-hybridized carbons (Fsp3) is 0.321. The first-order valence-corrected chi connectivity index (χ1v) is 13.3. The van der Waals surface area contributed by atoms with Gasteiger partial charge in [0.2, 0.25) is 0 Å². The van der Waals surface area contributed by atoms with Gasteiger partial charge >= 0.3 is 0 Å². The number of pyridine rings is 1. The zero-order chi connectivity index (χ0) is 24.4. The van der Waals surface area contributed by atoms with Crippen LogP contribution in [-0.2, 0) is 0 Å². The fourth-order valence-corrected chi connectivity index (χ4v) is 7.29. The SMILES string of the molecule is CC1C2CCC(CC2)C1Nc1nc(-c2c[nH]c3ncc(F)cc23)nc(-c2cc3ccccc3s2)c1F. The molecule has 0 aliphatic heterocycles. The summed E-state index contributed by atoms with van der Waals surface area (Å²) >= 11 is 1.51. The normalized spacial score (nSPS) is 23.5. The quantitative estimate of drug-likeness (QED) is 0.269. The number of aromatic amines is 1. The van der Waals surface area contributed by atoms with Gasteiger partial charge in [0.1, 0.15) is 17.2 Å². The molecule has 5 nitrogen and oxygen atoms in total. The first-order valence-electron chi connectivity index (χ1n) is 12.5. The second-order valence-electron chi connectivity index (χ2n) is 10.2. The second kappa shape index (κ2) is 8.34. The highest BCUT2D eigenvalue weighted by Gasteiger charge is 2.41. The molecule has 4 aromatic heterocycles. The predicted octanol–water partition coefficient (Wildman–Crippen LogP) is 7.42. The molecule has 3 saturated carbocycles. The lowest BCUT2D eigenvalue weighted by molar-refractivity contribution is 0.0926. The number of nitrogens with zero attached hydrogens (tertiary/aromatic N) is 3. The molecule has 0 saturated heterocycles. The maximum absolute atomic E-state index is 16.1. The van der Waals surface area contributed by atoms with Crippen LogP contribution in [0.2, 0.25) is 0 Å². The van der Waals surface area contributed by atoms with Crippen molar-refractivity contribution in [3.05, 3.63) is 60.4 Å². The molecule has 3 aliphatic carbocycles. The summed E-state index contributed by atoms with van der Waals surface area (Å²) in [4.78, 5) is 17.3. The van der Waals surface area contributed by atoms with Crippen molar-refractivity contribution in [1.82, 2.24) is 19.9 Å². The van der Waals surface area contributed by atoms with Crippen LogP contribution in [0.1, 0.15) is 32.6 Å². The number of halogens is 2. The van der Waals surface area contributed by atoms with Crippen LogP contribution in [0.15, 0.2) is 48.8 Å². The minimum atomic E-state index is -0.444. The van der Waals surface area contributed by atoms with Crippen LogP contribution in [0.3, 0.4) is 0 Å². The summed E-state index contributed by atoms with van der Waals surface area (Å²) in [6.45, 7) is 2.27. The van der Waals surface area contributed by atoms with Crippen LogP contribution in [0.5, 0.6) is 0 Å². The number of rotatable bonds is 4. The van der Waals surface area contributed by atoms with E-state index in [0.29, 0.717) is 40.2 Å². The van der Waals surface area contributed by atoms with Crippen molar-refractivity contribution in [2.45, 2.75) is 38.6 Å². The molecule has 3 fully saturated rings. The number of H-pyrrole nitrogens is 1. The topological polar surface area (TPSA) is 66.5 Å². The molecule has 2 N–H and O–H groups in total. The van der Waals surface area contributed by atoms with E-state index >= 15 is 4.39 Å². The number of hydrogen-bond acceptors (Lipinski definition) is 5. The monoisotopic (exact) mass is 501 g/mol. The van der Waals surface area contributed by atoms with Crippen LogP contribution < -0.4 is 5.32 Å². The summed E-state index contributed by atoms with van der Waals surface area (Å²) in [5.74, 6) is 1.32. The molecule has 2 bridgehead atoms. The Hall–Kier alpha value is -3.39. The van der Waals surface area contributed by atoms with Crippen LogP contribution in [0, 0.1) is 29.4 Å². The van der Waals surface area contributed by atoms with Crippen LogP contribution in [0.4, 0.5) is 14.6 Å². The molecule has 5 aromatic rings. The Bertz CT molecular complexity index is 1570. The van der Waals surface area contributed by atoms with Gasteiger partial charge in [-0.3, -0.25) is 0 Å². The summed E-state index contributed by atoms with van der Waals surface area (Å²) in [6.07, 6.45) is 7.73. The van der Waals surface area contributed by atoms with Crippen LogP contribution >= 0.6 is 11.3 Å². The van der Waals surface area contributed by atoms with Gasteiger partial charge in [-0.15, -0.1) is 11.3 Å². The molecule has 4 heterocycles. The Balaban J connectivity index is 1.40. The van der Waals surface area contributed by atoms with E-state index in [1.807, 2.05) is 30.3 Å². The highest BCUT2D eigenvalue weighted by molar-refractivity contribution is 7.22. The van der Waals surface area contributed by atoms with Gasteiger partial charge in [-0.1, -0.05) is 25.1 Å². The zero-order valence-electron chi connectivity index (χ0n) is 19.8.